The lowest BCUT2D eigenvalue weighted by atomic mass is 10.4. The zero-order chi connectivity index (χ0) is 11.5. The van der Waals surface area contributed by atoms with Crippen molar-refractivity contribution in [2.24, 2.45) is 0 Å². The summed E-state index contributed by atoms with van der Waals surface area (Å²) in [5.41, 5.74) is -0.414. The van der Waals surface area contributed by atoms with Crippen molar-refractivity contribution in [3.05, 3.63) is 30.3 Å². The highest BCUT2D eigenvalue weighted by atomic mass is 31.2. The molecule has 0 amide bonds. The minimum Gasteiger partial charge on any atom is -0.317 e. The molecule has 0 saturated carbocycles. The summed E-state index contributed by atoms with van der Waals surface area (Å²) in [4.78, 5) is 11.4. The topological polar surface area (TPSA) is 43.4 Å². The summed E-state index contributed by atoms with van der Waals surface area (Å²) >= 11 is 0. The van der Waals surface area contributed by atoms with Crippen LogP contribution in [-0.2, 0) is 13.9 Å². The van der Waals surface area contributed by atoms with Gasteiger partial charge in [0.2, 0.25) is 5.52 Å². The molecule has 1 rings (SSSR count). The molecular formula is C11H15O3P. The first-order valence-corrected chi connectivity index (χ1v) is 6.44. The third-order valence-electron chi connectivity index (χ3n) is 1.87. The Hall–Kier alpha value is -0.920. The first-order chi connectivity index (χ1) is 6.97. The molecule has 1 atom stereocenters. The van der Waals surface area contributed by atoms with Crippen molar-refractivity contribution in [2.45, 2.75) is 26.9 Å². The Morgan fingerprint density at radius 3 is 2.20 bits per heavy atom. The second-order valence-corrected chi connectivity index (χ2v) is 6.02. The van der Waals surface area contributed by atoms with E-state index in [0.29, 0.717) is 5.30 Å². The van der Waals surface area contributed by atoms with Crippen LogP contribution in [0.1, 0.15) is 20.8 Å². The summed E-state index contributed by atoms with van der Waals surface area (Å²) in [5, 5.41) is 0.464. The van der Waals surface area contributed by atoms with Crippen LogP contribution in [-0.4, -0.2) is 11.6 Å². The lowest BCUT2D eigenvalue weighted by molar-refractivity contribution is -0.110. The van der Waals surface area contributed by atoms with Crippen LogP contribution in [0, 0.1) is 0 Å². The molecule has 3 nitrogen and oxygen atoms in total. The van der Waals surface area contributed by atoms with E-state index < -0.39 is 12.9 Å². The van der Waals surface area contributed by atoms with Crippen LogP contribution >= 0.6 is 7.37 Å². The van der Waals surface area contributed by atoms with Gasteiger partial charge in [-0.3, -0.25) is 9.36 Å². The van der Waals surface area contributed by atoms with E-state index >= 15 is 0 Å². The first-order valence-electron chi connectivity index (χ1n) is 4.82. The van der Waals surface area contributed by atoms with E-state index in [4.69, 9.17) is 4.52 Å². The van der Waals surface area contributed by atoms with Gasteiger partial charge in [0.15, 0.2) is 0 Å². The number of benzene rings is 1. The Labute approximate surface area is 89.9 Å². The van der Waals surface area contributed by atoms with E-state index in [1.807, 2.05) is 6.07 Å². The molecule has 1 unspecified atom stereocenters. The molecule has 82 valence electrons. The molecule has 4 heteroatoms. The summed E-state index contributed by atoms with van der Waals surface area (Å²) < 4.78 is 17.6. The maximum Gasteiger partial charge on any atom is 0.295 e. The predicted octanol–water partition coefficient (Wildman–Crippen LogP) is 2.56. The summed E-state index contributed by atoms with van der Waals surface area (Å²) in [5.74, 6) is 0. The number of carbonyl (C=O) groups is 1. The minimum absolute atomic E-state index is 0.236. The van der Waals surface area contributed by atoms with E-state index in [2.05, 4.69) is 0 Å². The molecule has 0 radical (unpaired) electrons. The minimum atomic E-state index is -3.34. The van der Waals surface area contributed by atoms with Gasteiger partial charge in [-0.1, -0.05) is 18.2 Å². The fourth-order valence-corrected chi connectivity index (χ4v) is 3.03. The molecule has 1 aromatic rings. The molecule has 0 N–H and O–H groups in total. The molecule has 0 bridgehead atoms. The average molecular weight is 226 g/mol. The second-order valence-electron chi connectivity index (χ2n) is 3.56. The number of hydrogen-bond acceptors (Lipinski definition) is 3. The Kier molecular flexibility index (Phi) is 3.83. The van der Waals surface area contributed by atoms with Gasteiger partial charge in [0.1, 0.15) is 0 Å². The van der Waals surface area contributed by atoms with Crippen molar-refractivity contribution in [3.63, 3.8) is 0 Å². The summed E-state index contributed by atoms with van der Waals surface area (Å²) in [6, 6.07) is 8.61. The van der Waals surface area contributed by atoms with E-state index in [1.165, 1.54) is 6.92 Å². The molecule has 0 aliphatic heterocycles. The molecule has 0 aliphatic carbocycles. The highest BCUT2D eigenvalue weighted by molar-refractivity contribution is 7.82. The quantitative estimate of drug-likeness (QED) is 0.741. The zero-order valence-corrected chi connectivity index (χ0v) is 10.0. The average Bonchev–Trinajstić information content (AvgIpc) is 2.17. The van der Waals surface area contributed by atoms with Crippen molar-refractivity contribution >= 4 is 18.2 Å². The SMILES string of the molecule is CC(=O)P(=O)(OC(C)C)c1ccccc1. The van der Waals surface area contributed by atoms with Crippen molar-refractivity contribution in [1.82, 2.24) is 0 Å². The fraction of sp³-hybridized carbons (Fsp3) is 0.364. The van der Waals surface area contributed by atoms with E-state index in [9.17, 15) is 9.36 Å². The number of carbonyl (C=O) groups excluding carboxylic acids is 1. The second kappa shape index (κ2) is 4.73. The standard InChI is InChI=1S/C11H15O3P/c1-9(2)14-15(13,10(3)12)11-7-5-4-6-8-11/h4-9H,1-3H3. The molecule has 0 fully saturated rings. The molecule has 0 saturated heterocycles. The molecule has 0 heterocycles. The van der Waals surface area contributed by atoms with Crippen molar-refractivity contribution in [1.29, 1.82) is 0 Å². The summed E-state index contributed by atoms with van der Waals surface area (Å²) in [7, 11) is -3.34. The Balaban J connectivity index is 3.14. The van der Waals surface area contributed by atoms with Crippen LogP contribution in [0.15, 0.2) is 30.3 Å². The summed E-state index contributed by atoms with van der Waals surface area (Å²) in [6.45, 7) is 4.83. The predicted molar refractivity (Wildman–Crippen MR) is 60.6 cm³/mol. The van der Waals surface area contributed by atoms with Gasteiger partial charge in [0, 0.05) is 12.2 Å². The van der Waals surface area contributed by atoms with Gasteiger partial charge in [-0.25, -0.2) is 0 Å². The van der Waals surface area contributed by atoms with Gasteiger partial charge in [-0.05, 0) is 26.0 Å². The Morgan fingerprint density at radius 1 is 1.27 bits per heavy atom. The lowest BCUT2D eigenvalue weighted by Crippen LogP contribution is -2.16. The van der Waals surface area contributed by atoms with E-state index in [0.717, 1.165) is 0 Å². The van der Waals surface area contributed by atoms with Crippen LogP contribution in [0.25, 0.3) is 0 Å². The maximum absolute atomic E-state index is 12.4. The monoisotopic (exact) mass is 226 g/mol. The number of rotatable bonds is 4. The molecule has 15 heavy (non-hydrogen) atoms. The molecule has 0 aromatic heterocycles. The van der Waals surface area contributed by atoms with E-state index in [-0.39, 0.29) is 6.10 Å². The van der Waals surface area contributed by atoms with Crippen molar-refractivity contribution < 1.29 is 13.9 Å². The zero-order valence-electron chi connectivity index (χ0n) is 9.14. The third-order valence-corrected chi connectivity index (χ3v) is 4.40. The molecule has 1 aromatic carbocycles. The Bertz CT molecular complexity index is 384. The van der Waals surface area contributed by atoms with E-state index in [1.54, 1.807) is 38.1 Å². The number of hydrogen-bond donors (Lipinski definition) is 0. The normalized spacial score (nSPS) is 14.9. The lowest BCUT2D eigenvalue weighted by Gasteiger charge is -2.18. The third kappa shape index (κ3) is 2.77. The van der Waals surface area contributed by atoms with Gasteiger partial charge < -0.3 is 4.52 Å². The molecule has 0 aliphatic rings. The summed E-state index contributed by atoms with van der Waals surface area (Å²) in [6.07, 6.45) is -0.236. The maximum atomic E-state index is 12.4. The highest BCUT2D eigenvalue weighted by Crippen LogP contribution is 2.47. The van der Waals surface area contributed by atoms with Crippen LogP contribution in [0.5, 0.6) is 0 Å². The Morgan fingerprint density at radius 2 is 1.80 bits per heavy atom. The van der Waals surface area contributed by atoms with Gasteiger partial charge in [0.05, 0.1) is 6.10 Å². The van der Waals surface area contributed by atoms with Gasteiger partial charge in [-0.2, -0.15) is 0 Å². The van der Waals surface area contributed by atoms with Gasteiger partial charge in [0.25, 0.3) is 7.37 Å². The van der Waals surface area contributed by atoms with Crippen LogP contribution in [0.4, 0.5) is 0 Å². The van der Waals surface area contributed by atoms with Crippen molar-refractivity contribution in [2.75, 3.05) is 0 Å². The first kappa shape index (κ1) is 12.2. The fourth-order valence-electron chi connectivity index (χ4n) is 1.24. The van der Waals surface area contributed by atoms with Gasteiger partial charge in [-0.15, -0.1) is 0 Å². The van der Waals surface area contributed by atoms with Crippen LogP contribution in [0.2, 0.25) is 0 Å². The smallest absolute Gasteiger partial charge is 0.295 e. The van der Waals surface area contributed by atoms with Crippen LogP contribution < -0.4 is 5.30 Å². The molecule has 0 spiro atoms. The molecular weight excluding hydrogens is 211 g/mol. The van der Waals surface area contributed by atoms with Gasteiger partial charge >= 0.3 is 0 Å². The van der Waals surface area contributed by atoms with Crippen molar-refractivity contribution in [3.8, 4) is 0 Å². The largest absolute Gasteiger partial charge is 0.317 e. The highest BCUT2D eigenvalue weighted by Gasteiger charge is 2.32. The van der Waals surface area contributed by atoms with Crippen LogP contribution in [0.3, 0.4) is 0 Å².